The molecule has 0 amide bonds. The minimum atomic E-state index is -0.853. The summed E-state index contributed by atoms with van der Waals surface area (Å²) in [5.74, 6) is -2.38. The number of hydrogen-bond acceptors (Lipinski definition) is 3. The lowest BCUT2D eigenvalue weighted by atomic mass is 10.2. The third-order valence-corrected chi connectivity index (χ3v) is 2.06. The molecule has 1 unspecified atom stereocenters. The van der Waals surface area contributed by atoms with Crippen molar-refractivity contribution in [2.45, 2.75) is 13.5 Å². The number of ether oxygens (including phenoxy) is 1. The van der Waals surface area contributed by atoms with Crippen LogP contribution in [-0.2, 0) is 6.61 Å². The normalized spacial score (nSPS) is 12.6. The van der Waals surface area contributed by atoms with Gasteiger partial charge in [-0.2, -0.15) is 0 Å². The van der Waals surface area contributed by atoms with E-state index >= 15 is 0 Å². The summed E-state index contributed by atoms with van der Waals surface area (Å²) in [6.45, 7) is 1.18. The number of aliphatic hydroxyl groups is 2. The summed E-state index contributed by atoms with van der Waals surface area (Å²) in [6, 6.07) is 2.03. The molecule has 5 heteroatoms. The van der Waals surface area contributed by atoms with E-state index in [4.69, 9.17) is 14.9 Å². The summed E-state index contributed by atoms with van der Waals surface area (Å²) in [5.41, 5.74) is 0.151. The lowest BCUT2D eigenvalue weighted by Gasteiger charge is -2.12. The highest BCUT2D eigenvalue weighted by atomic mass is 19.1. The highest BCUT2D eigenvalue weighted by Gasteiger charge is 2.13. The first kappa shape index (κ1) is 12.9. The molecule has 1 rings (SSSR count). The van der Waals surface area contributed by atoms with Gasteiger partial charge in [0.2, 0.25) is 0 Å². The van der Waals surface area contributed by atoms with Gasteiger partial charge in [-0.15, -0.1) is 0 Å². The number of hydrogen-bond donors (Lipinski definition) is 2. The van der Waals surface area contributed by atoms with Gasteiger partial charge in [0.1, 0.15) is 0 Å². The monoisotopic (exact) mass is 232 g/mol. The van der Waals surface area contributed by atoms with Gasteiger partial charge in [0.05, 0.1) is 13.2 Å². The predicted molar refractivity (Wildman–Crippen MR) is 54.0 cm³/mol. The number of rotatable bonds is 5. The Morgan fingerprint density at radius 3 is 2.25 bits per heavy atom. The molecule has 16 heavy (non-hydrogen) atoms. The average molecular weight is 232 g/mol. The highest BCUT2D eigenvalue weighted by molar-refractivity contribution is 5.31. The molecule has 2 N–H and O–H groups in total. The summed E-state index contributed by atoms with van der Waals surface area (Å²) < 4.78 is 31.6. The first-order chi connectivity index (χ1) is 7.58. The molecule has 1 aromatic rings. The summed E-state index contributed by atoms with van der Waals surface area (Å²) in [5, 5.41) is 17.5. The minimum Gasteiger partial charge on any atom is -0.487 e. The zero-order chi connectivity index (χ0) is 12.1. The molecule has 1 atom stereocenters. The van der Waals surface area contributed by atoms with E-state index in [0.717, 1.165) is 12.1 Å². The van der Waals surface area contributed by atoms with Gasteiger partial charge in [-0.1, -0.05) is 6.92 Å². The Balaban J connectivity index is 2.80. The van der Waals surface area contributed by atoms with Crippen molar-refractivity contribution in [2.24, 2.45) is 5.92 Å². The van der Waals surface area contributed by atoms with Gasteiger partial charge in [0, 0.05) is 12.5 Å². The van der Waals surface area contributed by atoms with Crippen LogP contribution >= 0.6 is 0 Å². The van der Waals surface area contributed by atoms with Crippen molar-refractivity contribution in [2.75, 3.05) is 13.2 Å². The van der Waals surface area contributed by atoms with Crippen LogP contribution in [0.2, 0.25) is 0 Å². The fourth-order valence-corrected chi connectivity index (χ4v) is 1.12. The molecule has 1 aromatic carbocycles. The molecule has 0 bridgehead atoms. The van der Waals surface area contributed by atoms with Crippen LogP contribution < -0.4 is 4.74 Å². The summed E-state index contributed by atoms with van der Waals surface area (Å²) in [7, 11) is 0. The van der Waals surface area contributed by atoms with Gasteiger partial charge in [-0.3, -0.25) is 0 Å². The lowest BCUT2D eigenvalue weighted by Crippen LogP contribution is -2.13. The third-order valence-electron chi connectivity index (χ3n) is 2.06. The molecule has 0 fully saturated rings. The van der Waals surface area contributed by atoms with Crippen molar-refractivity contribution < 1.29 is 23.7 Å². The zero-order valence-corrected chi connectivity index (χ0v) is 8.91. The molecule has 0 spiro atoms. The topological polar surface area (TPSA) is 49.7 Å². The van der Waals surface area contributed by atoms with Gasteiger partial charge < -0.3 is 14.9 Å². The molecule has 0 heterocycles. The Bertz CT molecular complexity index is 332. The fraction of sp³-hybridized carbons (Fsp3) is 0.455. The van der Waals surface area contributed by atoms with E-state index in [2.05, 4.69) is 0 Å². The van der Waals surface area contributed by atoms with Crippen LogP contribution in [0.3, 0.4) is 0 Å². The second-order valence-corrected chi connectivity index (χ2v) is 3.65. The Hall–Kier alpha value is -1.20. The standard InChI is InChI=1S/C11H14F2O3/c1-7(4-14)6-16-11-9(12)2-8(5-15)3-10(11)13/h2-3,7,14-15H,4-6H2,1H3. The van der Waals surface area contributed by atoms with E-state index in [1.165, 1.54) is 0 Å². The van der Waals surface area contributed by atoms with Crippen molar-refractivity contribution >= 4 is 0 Å². The minimum absolute atomic E-state index is 0.0306. The zero-order valence-electron chi connectivity index (χ0n) is 8.91. The smallest absolute Gasteiger partial charge is 0.190 e. The van der Waals surface area contributed by atoms with Crippen LogP contribution in [0.4, 0.5) is 8.78 Å². The van der Waals surface area contributed by atoms with E-state index in [1.54, 1.807) is 6.92 Å². The van der Waals surface area contributed by atoms with Crippen molar-refractivity contribution in [1.29, 1.82) is 0 Å². The first-order valence-corrected chi connectivity index (χ1v) is 4.91. The Morgan fingerprint density at radius 2 is 1.81 bits per heavy atom. The quantitative estimate of drug-likeness (QED) is 0.808. The molecule has 0 aliphatic rings. The first-order valence-electron chi connectivity index (χ1n) is 4.91. The van der Waals surface area contributed by atoms with Crippen molar-refractivity contribution in [1.82, 2.24) is 0 Å². The van der Waals surface area contributed by atoms with Gasteiger partial charge >= 0.3 is 0 Å². The van der Waals surface area contributed by atoms with E-state index in [9.17, 15) is 8.78 Å². The molecular weight excluding hydrogens is 218 g/mol. The Kier molecular flexibility index (Phi) is 4.64. The maximum Gasteiger partial charge on any atom is 0.190 e. The van der Waals surface area contributed by atoms with E-state index < -0.39 is 24.0 Å². The maximum atomic E-state index is 13.3. The second-order valence-electron chi connectivity index (χ2n) is 3.65. The van der Waals surface area contributed by atoms with Gasteiger partial charge in [0.25, 0.3) is 0 Å². The van der Waals surface area contributed by atoms with E-state index in [1.807, 2.05) is 0 Å². The maximum absolute atomic E-state index is 13.3. The molecule has 0 saturated heterocycles. The SMILES string of the molecule is CC(CO)COc1c(F)cc(CO)cc1F. The summed E-state index contributed by atoms with van der Waals surface area (Å²) >= 11 is 0. The second kappa shape index (κ2) is 5.77. The van der Waals surface area contributed by atoms with Crippen LogP contribution in [0.1, 0.15) is 12.5 Å². The van der Waals surface area contributed by atoms with E-state index in [-0.39, 0.29) is 24.7 Å². The molecule has 0 aromatic heterocycles. The van der Waals surface area contributed by atoms with Crippen LogP contribution in [0.15, 0.2) is 12.1 Å². The summed E-state index contributed by atoms with van der Waals surface area (Å²) in [6.07, 6.45) is 0. The Morgan fingerprint density at radius 1 is 1.25 bits per heavy atom. The molecule has 0 aliphatic carbocycles. The third kappa shape index (κ3) is 3.15. The number of benzene rings is 1. The molecule has 0 aliphatic heterocycles. The van der Waals surface area contributed by atoms with Gasteiger partial charge in [-0.25, -0.2) is 8.78 Å². The van der Waals surface area contributed by atoms with Gasteiger partial charge in [0.15, 0.2) is 17.4 Å². The van der Waals surface area contributed by atoms with Crippen LogP contribution in [0, 0.1) is 17.6 Å². The number of aliphatic hydroxyl groups excluding tert-OH is 2. The molecule has 0 saturated carbocycles. The molecule has 90 valence electrons. The van der Waals surface area contributed by atoms with Gasteiger partial charge in [-0.05, 0) is 17.7 Å². The van der Waals surface area contributed by atoms with Crippen LogP contribution in [-0.4, -0.2) is 23.4 Å². The fourth-order valence-electron chi connectivity index (χ4n) is 1.12. The van der Waals surface area contributed by atoms with Crippen molar-refractivity contribution in [3.63, 3.8) is 0 Å². The highest BCUT2D eigenvalue weighted by Crippen LogP contribution is 2.23. The summed E-state index contributed by atoms with van der Waals surface area (Å²) in [4.78, 5) is 0. The molecule has 3 nitrogen and oxygen atoms in total. The Labute approximate surface area is 92.3 Å². The molecular formula is C11H14F2O3. The average Bonchev–Trinajstić information content (AvgIpc) is 2.27. The lowest BCUT2D eigenvalue weighted by molar-refractivity contribution is 0.166. The largest absolute Gasteiger partial charge is 0.487 e. The van der Waals surface area contributed by atoms with Crippen molar-refractivity contribution in [3.8, 4) is 5.75 Å². The van der Waals surface area contributed by atoms with Crippen molar-refractivity contribution in [3.05, 3.63) is 29.3 Å². The van der Waals surface area contributed by atoms with E-state index in [0.29, 0.717) is 0 Å². The van der Waals surface area contributed by atoms with Crippen LogP contribution in [0.25, 0.3) is 0 Å². The molecule has 0 radical (unpaired) electrons. The number of halogens is 2. The predicted octanol–water partition coefficient (Wildman–Crippen LogP) is 1.46. The van der Waals surface area contributed by atoms with Crippen LogP contribution in [0.5, 0.6) is 5.75 Å².